The minimum absolute atomic E-state index is 1.05. The van der Waals surface area contributed by atoms with Gasteiger partial charge in [-0.05, 0) is 25.1 Å². The Morgan fingerprint density at radius 1 is 1.25 bits per heavy atom. The zero-order valence-corrected chi connectivity index (χ0v) is 9.57. The van der Waals surface area contributed by atoms with Crippen LogP contribution >= 0.6 is 0 Å². The maximum absolute atomic E-state index is 5.95. The summed E-state index contributed by atoms with van der Waals surface area (Å²) in [6.45, 7) is 5.74. The van der Waals surface area contributed by atoms with Crippen LogP contribution in [-0.4, -0.2) is 14.9 Å². The van der Waals surface area contributed by atoms with Gasteiger partial charge >= 0.3 is 0 Å². The molecule has 2 heteroatoms. The van der Waals surface area contributed by atoms with Crippen molar-refractivity contribution in [3.05, 3.63) is 0 Å². The first kappa shape index (κ1) is 10.3. The average Bonchev–Trinajstić information content (AvgIpc) is 2.06. The number of hydrogen-bond donors (Lipinski definition) is 0. The molecule has 1 fully saturated rings. The van der Waals surface area contributed by atoms with Crippen molar-refractivity contribution in [1.82, 2.24) is 0 Å². The Bertz CT molecular complexity index is 119. The molecular weight excluding hydrogens is 164 g/mol. The number of hydrogen-bond acceptors (Lipinski definition) is 1. The third kappa shape index (κ3) is 3.28. The van der Waals surface area contributed by atoms with Gasteiger partial charge in [0.05, 0.1) is 0 Å². The van der Waals surface area contributed by atoms with E-state index in [-0.39, 0.29) is 0 Å². The van der Waals surface area contributed by atoms with Crippen LogP contribution < -0.4 is 0 Å². The fraction of sp³-hybridized carbons (Fsp3) is 1.00. The topological polar surface area (TPSA) is 9.23 Å². The van der Waals surface area contributed by atoms with Crippen molar-refractivity contribution < 1.29 is 4.43 Å². The molecule has 1 unspecified atom stereocenters. The fourth-order valence-electron chi connectivity index (χ4n) is 1.94. The maximum Gasteiger partial charge on any atom is 0.189 e. The van der Waals surface area contributed by atoms with Crippen LogP contribution in [0.4, 0.5) is 0 Å². The highest BCUT2D eigenvalue weighted by Crippen LogP contribution is 2.27. The summed E-state index contributed by atoms with van der Waals surface area (Å²) in [4.78, 5) is 0. The van der Waals surface area contributed by atoms with Gasteiger partial charge in [-0.1, -0.05) is 32.6 Å². The highest BCUT2D eigenvalue weighted by Gasteiger charge is 2.30. The van der Waals surface area contributed by atoms with E-state index in [1.807, 2.05) is 0 Å². The van der Waals surface area contributed by atoms with E-state index in [1.54, 1.807) is 0 Å². The van der Waals surface area contributed by atoms with Gasteiger partial charge in [0, 0.05) is 6.61 Å². The Morgan fingerprint density at radius 3 is 2.67 bits per heavy atom. The highest BCUT2D eigenvalue weighted by molar-refractivity contribution is 6.72. The molecule has 1 nitrogen and oxygen atoms in total. The quantitative estimate of drug-likeness (QED) is 0.482. The van der Waals surface area contributed by atoms with Crippen molar-refractivity contribution >= 4 is 8.32 Å². The van der Waals surface area contributed by atoms with Gasteiger partial charge < -0.3 is 4.43 Å². The molecular formula is C10H22OSi. The van der Waals surface area contributed by atoms with Crippen molar-refractivity contribution in [3.63, 3.8) is 0 Å². The summed E-state index contributed by atoms with van der Waals surface area (Å²) >= 11 is 0. The van der Waals surface area contributed by atoms with Crippen molar-refractivity contribution in [2.45, 2.75) is 57.7 Å². The van der Waals surface area contributed by atoms with Crippen LogP contribution in [0, 0.1) is 0 Å². The van der Waals surface area contributed by atoms with E-state index in [0.29, 0.717) is 0 Å². The maximum atomic E-state index is 5.95. The van der Waals surface area contributed by atoms with Crippen molar-refractivity contribution in [2.75, 3.05) is 6.61 Å². The first-order valence-electron chi connectivity index (χ1n) is 5.41. The Kier molecular flexibility index (Phi) is 4.30. The van der Waals surface area contributed by atoms with Crippen molar-refractivity contribution in [2.24, 2.45) is 0 Å². The van der Waals surface area contributed by atoms with Crippen molar-refractivity contribution in [3.8, 4) is 0 Å². The molecule has 0 saturated carbocycles. The Morgan fingerprint density at radius 2 is 2.08 bits per heavy atom. The van der Waals surface area contributed by atoms with Crippen LogP contribution in [0.2, 0.25) is 18.6 Å². The predicted molar refractivity (Wildman–Crippen MR) is 55.9 cm³/mol. The van der Waals surface area contributed by atoms with Crippen LogP contribution in [0.25, 0.3) is 0 Å². The molecule has 1 atom stereocenters. The van der Waals surface area contributed by atoms with E-state index in [0.717, 1.165) is 6.61 Å². The summed E-state index contributed by atoms with van der Waals surface area (Å²) in [5, 5.41) is 0. The smallest absolute Gasteiger partial charge is 0.189 e. The minimum Gasteiger partial charge on any atom is -0.417 e. The summed E-state index contributed by atoms with van der Waals surface area (Å²) in [6.07, 6.45) is 6.86. The molecule has 1 aliphatic heterocycles. The van der Waals surface area contributed by atoms with Gasteiger partial charge in [0.1, 0.15) is 0 Å². The third-order valence-corrected chi connectivity index (χ3v) is 6.58. The van der Waals surface area contributed by atoms with Crippen LogP contribution in [0.15, 0.2) is 0 Å². The Hall–Kier alpha value is 0.177. The normalized spacial score (nSPS) is 30.5. The standard InChI is InChI=1S/C10H22OSi/c1-3-4-6-9-12(2)10-7-5-8-11-12/h3-10H2,1-2H3. The second-order valence-electron chi connectivity index (χ2n) is 4.21. The molecule has 0 aromatic heterocycles. The fourth-order valence-corrected chi connectivity index (χ4v) is 5.11. The molecule has 1 saturated heterocycles. The second kappa shape index (κ2) is 5.03. The molecule has 0 aromatic carbocycles. The predicted octanol–water partition coefficient (Wildman–Crippen LogP) is 3.56. The van der Waals surface area contributed by atoms with Gasteiger partial charge in [-0.3, -0.25) is 0 Å². The molecule has 0 aliphatic carbocycles. The lowest BCUT2D eigenvalue weighted by Gasteiger charge is -2.31. The summed E-state index contributed by atoms with van der Waals surface area (Å²) in [5.41, 5.74) is 0. The van der Waals surface area contributed by atoms with Crippen LogP contribution in [0.5, 0.6) is 0 Å². The van der Waals surface area contributed by atoms with Gasteiger partial charge in [0.2, 0.25) is 0 Å². The van der Waals surface area contributed by atoms with Gasteiger partial charge in [-0.2, -0.15) is 0 Å². The zero-order valence-electron chi connectivity index (χ0n) is 8.57. The number of unbranched alkanes of at least 4 members (excludes halogenated alkanes) is 2. The van der Waals surface area contributed by atoms with Crippen molar-refractivity contribution in [1.29, 1.82) is 0 Å². The van der Waals surface area contributed by atoms with E-state index in [1.165, 1.54) is 44.2 Å². The Labute approximate surface area is 77.6 Å². The lowest BCUT2D eigenvalue weighted by molar-refractivity contribution is 0.269. The van der Waals surface area contributed by atoms with E-state index in [4.69, 9.17) is 4.43 Å². The molecule has 12 heavy (non-hydrogen) atoms. The molecule has 0 radical (unpaired) electrons. The molecule has 1 aliphatic rings. The van der Waals surface area contributed by atoms with E-state index < -0.39 is 8.32 Å². The zero-order chi connectivity index (χ0) is 8.86. The second-order valence-corrected chi connectivity index (χ2v) is 8.40. The monoisotopic (exact) mass is 186 g/mol. The third-order valence-electron chi connectivity index (χ3n) is 2.86. The molecule has 1 rings (SSSR count). The molecule has 1 heterocycles. The van der Waals surface area contributed by atoms with E-state index in [9.17, 15) is 0 Å². The lowest BCUT2D eigenvalue weighted by atomic mass is 10.3. The molecule has 0 aromatic rings. The van der Waals surface area contributed by atoms with Gasteiger partial charge in [0.25, 0.3) is 0 Å². The molecule has 0 N–H and O–H groups in total. The summed E-state index contributed by atoms with van der Waals surface area (Å²) in [6, 6.07) is 2.82. The number of rotatable bonds is 4. The first-order chi connectivity index (χ1) is 5.77. The van der Waals surface area contributed by atoms with E-state index in [2.05, 4.69) is 13.5 Å². The Balaban J connectivity index is 2.17. The van der Waals surface area contributed by atoms with Gasteiger partial charge in [-0.25, -0.2) is 0 Å². The van der Waals surface area contributed by atoms with Crippen LogP contribution in [0.3, 0.4) is 0 Å². The van der Waals surface area contributed by atoms with E-state index >= 15 is 0 Å². The minimum atomic E-state index is -1.17. The summed E-state index contributed by atoms with van der Waals surface area (Å²) < 4.78 is 5.95. The molecule has 0 spiro atoms. The summed E-state index contributed by atoms with van der Waals surface area (Å²) in [5.74, 6) is 0. The average molecular weight is 186 g/mol. The van der Waals surface area contributed by atoms with Gasteiger partial charge in [0.15, 0.2) is 8.32 Å². The van der Waals surface area contributed by atoms with Gasteiger partial charge in [-0.15, -0.1) is 0 Å². The highest BCUT2D eigenvalue weighted by atomic mass is 28.4. The summed E-state index contributed by atoms with van der Waals surface area (Å²) in [7, 11) is -1.17. The molecule has 0 amide bonds. The molecule has 72 valence electrons. The lowest BCUT2D eigenvalue weighted by Crippen LogP contribution is -2.37. The largest absolute Gasteiger partial charge is 0.417 e. The molecule has 0 bridgehead atoms. The SMILES string of the molecule is CCCCC[Si]1(C)CCCCO1. The van der Waals surface area contributed by atoms with Crippen LogP contribution in [0.1, 0.15) is 39.0 Å². The first-order valence-corrected chi connectivity index (χ1v) is 8.23. The van der Waals surface area contributed by atoms with Crippen LogP contribution in [-0.2, 0) is 4.43 Å².